The first-order valence-corrected chi connectivity index (χ1v) is 6.69. The molecule has 1 heterocycles. The molecule has 0 aliphatic rings. The first-order chi connectivity index (χ1) is 9.74. The normalized spacial score (nSPS) is 11.9. The molecule has 0 amide bonds. The van der Waals surface area contributed by atoms with Crippen LogP contribution in [-0.4, -0.2) is 18.7 Å². The molecule has 1 unspecified atom stereocenters. The molecule has 0 saturated heterocycles. The van der Waals surface area contributed by atoms with Gasteiger partial charge in [0.15, 0.2) is 0 Å². The lowest BCUT2D eigenvalue weighted by molar-refractivity contribution is 0.338. The second-order valence-electron chi connectivity index (χ2n) is 4.51. The van der Waals surface area contributed by atoms with Crippen molar-refractivity contribution in [2.45, 2.75) is 19.4 Å². The van der Waals surface area contributed by atoms with Crippen LogP contribution < -0.4 is 15.2 Å². The molecule has 0 spiro atoms. The summed E-state index contributed by atoms with van der Waals surface area (Å²) in [7, 11) is 1.67. The van der Waals surface area contributed by atoms with E-state index in [0.717, 1.165) is 22.6 Å². The lowest BCUT2D eigenvalue weighted by Gasteiger charge is -2.15. The molecule has 1 atom stereocenters. The van der Waals surface area contributed by atoms with Gasteiger partial charge >= 0.3 is 0 Å². The minimum absolute atomic E-state index is 0.140. The maximum atomic E-state index is 6.26. The minimum atomic E-state index is -0.140. The Balaban J connectivity index is 2.15. The zero-order valence-electron chi connectivity index (χ0n) is 11.9. The van der Waals surface area contributed by atoms with Gasteiger partial charge in [-0.05, 0) is 36.6 Å². The molecular formula is C16H20N2O2. The third-order valence-electron chi connectivity index (χ3n) is 3.11. The fourth-order valence-corrected chi connectivity index (χ4v) is 2.11. The van der Waals surface area contributed by atoms with Gasteiger partial charge in [-0.2, -0.15) is 0 Å². The van der Waals surface area contributed by atoms with E-state index in [4.69, 9.17) is 15.2 Å². The Morgan fingerprint density at radius 2 is 2.05 bits per heavy atom. The van der Waals surface area contributed by atoms with E-state index in [0.29, 0.717) is 13.0 Å². The molecule has 20 heavy (non-hydrogen) atoms. The van der Waals surface area contributed by atoms with Crippen molar-refractivity contribution < 1.29 is 9.47 Å². The van der Waals surface area contributed by atoms with Crippen LogP contribution in [0.1, 0.15) is 24.1 Å². The smallest absolute Gasteiger partial charge is 0.137 e. The van der Waals surface area contributed by atoms with Crippen LogP contribution >= 0.6 is 0 Å². The largest absolute Gasteiger partial charge is 0.496 e. The molecule has 4 nitrogen and oxygen atoms in total. The summed E-state index contributed by atoms with van der Waals surface area (Å²) >= 11 is 0. The highest BCUT2D eigenvalue weighted by Crippen LogP contribution is 2.24. The number of benzene rings is 1. The maximum absolute atomic E-state index is 6.26. The van der Waals surface area contributed by atoms with Crippen LogP contribution in [0, 0.1) is 0 Å². The van der Waals surface area contributed by atoms with Gasteiger partial charge in [0.1, 0.15) is 11.5 Å². The van der Waals surface area contributed by atoms with Crippen molar-refractivity contribution in [1.82, 2.24) is 4.98 Å². The summed E-state index contributed by atoms with van der Waals surface area (Å²) in [5.41, 5.74) is 8.31. The van der Waals surface area contributed by atoms with Crippen LogP contribution in [0.15, 0.2) is 42.7 Å². The first-order valence-electron chi connectivity index (χ1n) is 6.69. The second-order valence-corrected chi connectivity index (χ2v) is 4.51. The monoisotopic (exact) mass is 272 g/mol. The number of ether oxygens (including phenoxy) is 2. The predicted molar refractivity (Wildman–Crippen MR) is 79.0 cm³/mol. The molecule has 4 heteroatoms. The van der Waals surface area contributed by atoms with E-state index < -0.39 is 0 Å². The standard InChI is InChI=1S/C16H20N2O2/c1-3-20-14-8-13(10-18-11-14)15(17)9-12-6-4-5-7-16(12)19-2/h4-8,10-11,15H,3,9,17H2,1-2H3. The molecule has 106 valence electrons. The van der Waals surface area contributed by atoms with Gasteiger partial charge < -0.3 is 15.2 Å². The van der Waals surface area contributed by atoms with Crippen LogP contribution in [0.4, 0.5) is 0 Å². The highest BCUT2D eigenvalue weighted by atomic mass is 16.5. The number of nitrogens with two attached hydrogens (primary N) is 1. The molecule has 0 saturated carbocycles. The zero-order valence-corrected chi connectivity index (χ0v) is 11.9. The van der Waals surface area contributed by atoms with Crippen LogP contribution in [0.5, 0.6) is 11.5 Å². The number of methoxy groups -OCH3 is 1. The fraction of sp³-hybridized carbons (Fsp3) is 0.312. The van der Waals surface area contributed by atoms with Crippen molar-refractivity contribution in [2.75, 3.05) is 13.7 Å². The number of para-hydroxylation sites is 1. The molecule has 2 rings (SSSR count). The Labute approximate surface area is 119 Å². The van der Waals surface area contributed by atoms with Crippen molar-refractivity contribution in [1.29, 1.82) is 0 Å². The zero-order chi connectivity index (χ0) is 14.4. The highest BCUT2D eigenvalue weighted by Gasteiger charge is 2.11. The van der Waals surface area contributed by atoms with Crippen molar-refractivity contribution in [3.63, 3.8) is 0 Å². The molecule has 0 aliphatic carbocycles. The summed E-state index contributed by atoms with van der Waals surface area (Å²) in [6.45, 7) is 2.56. The molecule has 1 aromatic carbocycles. The van der Waals surface area contributed by atoms with Crippen molar-refractivity contribution in [3.8, 4) is 11.5 Å². The first kappa shape index (κ1) is 14.3. The van der Waals surface area contributed by atoms with E-state index in [1.165, 1.54) is 0 Å². The Bertz CT molecular complexity index is 558. The average Bonchev–Trinajstić information content (AvgIpc) is 2.48. The topological polar surface area (TPSA) is 57.4 Å². The van der Waals surface area contributed by atoms with Gasteiger partial charge in [-0.25, -0.2) is 0 Å². The molecule has 2 N–H and O–H groups in total. The molecule has 0 radical (unpaired) electrons. The summed E-state index contributed by atoms with van der Waals surface area (Å²) in [6.07, 6.45) is 4.17. The van der Waals surface area contributed by atoms with E-state index >= 15 is 0 Å². The summed E-state index contributed by atoms with van der Waals surface area (Å²) < 4.78 is 10.8. The van der Waals surface area contributed by atoms with E-state index in [1.807, 2.05) is 37.3 Å². The van der Waals surface area contributed by atoms with Crippen LogP contribution in [0.3, 0.4) is 0 Å². The fourth-order valence-electron chi connectivity index (χ4n) is 2.11. The second kappa shape index (κ2) is 6.91. The number of rotatable bonds is 6. The lowest BCUT2D eigenvalue weighted by atomic mass is 10.0. The van der Waals surface area contributed by atoms with E-state index in [2.05, 4.69) is 4.98 Å². The van der Waals surface area contributed by atoms with Crippen molar-refractivity contribution >= 4 is 0 Å². The van der Waals surface area contributed by atoms with Gasteiger partial charge in [-0.15, -0.1) is 0 Å². The van der Waals surface area contributed by atoms with Crippen LogP contribution in [0.25, 0.3) is 0 Å². The maximum Gasteiger partial charge on any atom is 0.137 e. The molecule has 0 fully saturated rings. The third-order valence-corrected chi connectivity index (χ3v) is 3.11. The lowest BCUT2D eigenvalue weighted by Crippen LogP contribution is -2.14. The number of aromatic nitrogens is 1. The summed E-state index contributed by atoms with van der Waals surface area (Å²) in [4.78, 5) is 4.17. The van der Waals surface area contributed by atoms with Gasteiger partial charge in [-0.3, -0.25) is 4.98 Å². The van der Waals surface area contributed by atoms with E-state index in [1.54, 1.807) is 19.5 Å². The van der Waals surface area contributed by atoms with Gasteiger partial charge in [0.05, 0.1) is 19.9 Å². The molecule has 0 aliphatic heterocycles. The summed E-state index contributed by atoms with van der Waals surface area (Å²) in [6, 6.07) is 9.70. The number of pyridine rings is 1. The third kappa shape index (κ3) is 3.48. The van der Waals surface area contributed by atoms with Crippen molar-refractivity contribution in [2.24, 2.45) is 5.73 Å². The number of nitrogens with zero attached hydrogens (tertiary/aromatic N) is 1. The van der Waals surface area contributed by atoms with Gasteiger partial charge in [0.2, 0.25) is 0 Å². The van der Waals surface area contributed by atoms with E-state index in [9.17, 15) is 0 Å². The molecule has 2 aromatic rings. The van der Waals surface area contributed by atoms with Gasteiger partial charge in [-0.1, -0.05) is 18.2 Å². The minimum Gasteiger partial charge on any atom is -0.496 e. The Kier molecular flexibility index (Phi) is 4.96. The van der Waals surface area contributed by atoms with Gasteiger partial charge in [0, 0.05) is 12.2 Å². The van der Waals surface area contributed by atoms with Crippen molar-refractivity contribution in [3.05, 3.63) is 53.9 Å². The van der Waals surface area contributed by atoms with Crippen LogP contribution in [-0.2, 0) is 6.42 Å². The predicted octanol–water partition coefficient (Wildman–Crippen LogP) is 2.73. The van der Waals surface area contributed by atoms with Crippen LogP contribution in [0.2, 0.25) is 0 Å². The summed E-state index contributed by atoms with van der Waals surface area (Å²) in [5.74, 6) is 1.61. The number of hydrogen-bond acceptors (Lipinski definition) is 4. The Hall–Kier alpha value is -2.07. The molecule has 0 bridgehead atoms. The average molecular weight is 272 g/mol. The van der Waals surface area contributed by atoms with E-state index in [-0.39, 0.29) is 6.04 Å². The molecular weight excluding hydrogens is 252 g/mol. The molecule has 1 aromatic heterocycles. The van der Waals surface area contributed by atoms with Gasteiger partial charge in [0.25, 0.3) is 0 Å². The Morgan fingerprint density at radius 3 is 2.80 bits per heavy atom. The quantitative estimate of drug-likeness (QED) is 0.878. The summed E-state index contributed by atoms with van der Waals surface area (Å²) in [5, 5.41) is 0. The number of hydrogen-bond donors (Lipinski definition) is 1. The Morgan fingerprint density at radius 1 is 1.25 bits per heavy atom. The highest BCUT2D eigenvalue weighted by molar-refractivity contribution is 5.35. The SMILES string of the molecule is CCOc1cncc(C(N)Cc2ccccc2OC)c1.